The number of thiazole rings is 1. The van der Waals surface area contributed by atoms with E-state index in [1.807, 2.05) is 24.3 Å². The second-order valence-electron chi connectivity index (χ2n) is 5.15. The van der Waals surface area contributed by atoms with Crippen molar-refractivity contribution in [1.29, 1.82) is 0 Å². The number of benzene rings is 2. The minimum absolute atomic E-state index is 0.0740. The van der Waals surface area contributed by atoms with E-state index in [-0.39, 0.29) is 12.2 Å². The minimum atomic E-state index is -0.892. The van der Waals surface area contributed by atoms with Gasteiger partial charge in [0.1, 0.15) is 23.2 Å². The number of aliphatic carboxylic acids is 1. The number of aromatic nitrogens is 1. The highest BCUT2D eigenvalue weighted by Crippen LogP contribution is 2.26. The van der Waals surface area contributed by atoms with Crippen molar-refractivity contribution in [2.45, 2.75) is 13.0 Å². The maximum absolute atomic E-state index is 12.8. The molecule has 0 spiro atoms. The lowest BCUT2D eigenvalue weighted by atomic mass is 10.2. The van der Waals surface area contributed by atoms with E-state index in [0.29, 0.717) is 18.1 Å². The number of hydrogen-bond acceptors (Lipinski definition) is 4. The molecule has 0 amide bonds. The molecule has 1 aromatic heterocycles. The summed E-state index contributed by atoms with van der Waals surface area (Å²) in [7, 11) is 0. The SMILES string of the molecule is O=C(O)Cc1csc(-c2ccc(OCc3ccc(F)cc3)cc2)n1. The van der Waals surface area contributed by atoms with Crippen molar-refractivity contribution in [3.63, 3.8) is 0 Å². The first kappa shape index (κ1) is 16.1. The summed E-state index contributed by atoms with van der Waals surface area (Å²) in [5.74, 6) is -0.462. The molecule has 0 aliphatic rings. The van der Waals surface area contributed by atoms with Crippen LogP contribution < -0.4 is 4.74 Å². The molecule has 0 bridgehead atoms. The molecule has 0 saturated carbocycles. The third kappa shape index (κ3) is 4.17. The molecule has 122 valence electrons. The van der Waals surface area contributed by atoms with Crippen LogP contribution in [0.5, 0.6) is 5.75 Å². The molecular formula is C18H14FNO3S. The van der Waals surface area contributed by atoms with E-state index in [9.17, 15) is 9.18 Å². The van der Waals surface area contributed by atoms with Crippen LogP contribution in [0.1, 0.15) is 11.3 Å². The average molecular weight is 343 g/mol. The summed E-state index contributed by atoms with van der Waals surface area (Å²) >= 11 is 1.41. The van der Waals surface area contributed by atoms with Crippen LogP contribution in [0.25, 0.3) is 10.6 Å². The molecule has 3 aromatic rings. The predicted octanol–water partition coefficient (Wildman–Crippen LogP) is 4.16. The zero-order valence-electron chi connectivity index (χ0n) is 12.6. The monoisotopic (exact) mass is 343 g/mol. The van der Waals surface area contributed by atoms with Crippen LogP contribution in [0, 0.1) is 5.82 Å². The number of carboxylic acid groups (broad SMARTS) is 1. The Morgan fingerprint density at radius 3 is 2.50 bits per heavy atom. The predicted molar refractivity (Wildman–Crippen MR) is 89.6 cm³/mol. The van der Waals surface area contributed by atoms with Gasteiger partial charge in [0, 0.05) is 10.9 Å². The molecule has 0 saturated heterocycles. The normalized spacial score (nSPS) is 10.5. The highest BCUT2D eigenvalue weighted by atomic mass is 32.1. The van der Waals surface area contributed by atoms with Gasteiger partial charge >= 0.3 is 5.97 Å². The summed E-state index contributed by atoms with van der Waals surface area (Å²) in [4.78, 5) is 15.0. The fourth-order valence-corrected chi connectivity index (χ4v) is 2.94. The van der Waals surface area contributed by atoms with Gasteiger partial charge in [-0.1, -0.05) is 12.1 Å². The Bertz CT molecular complexity index is 828. The van der Waals surface area contributed by atoms with Gasteiger partial charge in [-0.2, -0.15) is 0 Å². The first-order valence-corrected chi connectivity index (χ1v) is 8.12. The Kier molecular flexibility index (Phi) is 4.86. The van der Waals surface area contributed by atoms with Gasteiger partial charge in [0.2, 0.25) is 0 Å². The third-order valence-electron chi connectivity index (χ3n) is 3.30. The van der Waals surface area contributed by atoms with E-state index in [4.69, 9.17) is 9.84 Å². The Morgan fingerprint density at radius 1 is 1.12 bits per heavy atom. The number of halogens is 1. The van der Waals surface area contributed by atoms with E-state index >= 15 is 0 Å². The smallest absolute Gasteiger partial charge is 0.309 e. The highest BCUT2D eigenvalue weighted by Gasteiger charge is 2.08. The van der Waals surface area contributed by atoms with Crippen molar-refractivity contribution in [3.05, 3.63) is 71.0 Å². The molecule has 1 N–H and O–H groups in total. The lowest BCUT2D eigenvalue weighted by molar-refractivity contribution is -0.136. The number of carboxylic acids is 1. The van der Waals surface area contributed by atoms with Gasteiger partial charge < -0.3 is 9.84 Å². The summed E-state index contributed by atoms with van der Waals surface area (Å²) in [6, 6.07) is 13.6. The van der Waals surface area contributed by atoms with Crippen LogP contribution in [-0.4, -0.2) is 16.1 Å². The van der Waals surface area contributed by atoms with Gasteiger partial charge in [-0.3, -0.25) is 4.79 Å². The first-order chi connectivity index (χ1) is 11.6. The molecule has 1 heterocycles. The van der Waals surface area contributed by atoms with Gasteiger partial charge in [-0.25, -0.2) is 9.37 Å². The zero-order chi connectivity index (χ0) is 16.9. The molecular weight excluding hydrogens is 329 g/mol. The highest BCUT2D eigenvalue weighted by molar-refractivity contribution is 7.13. The maximum Gasteiger partial charge on any atom is 0.309 e. The molecule has 0 fully saturated rings. The van der Waals surface area contributed by atoms with Crippen molar-refractivity contribution in [1.82, 2.24) is 4.98 Å². The van der Waals surface area contributed by atoms with Crippen molar-refractivity contribution < 1.29 is 19.0 Å². The number of rotatable bonds is 6. The Morgan fingerprint density at radius 2 is 1.83 bits per heavy atom. The Labute approximate surface area is 142 Å². The van der Waals surface area contributed by atoms with E-state index in [1.165, 1.54) is 23.5 Å². The van der Waals surface area contributed by atoms with E-state index < -0.39 is 5.97 Å². The van der Waals surface area contributed by atoms with E-state index in [0.717, 1.165) is 16.1 Å². The molecule has 2 aromatic carbocycles. The fourth-order valence-electron chi connectivity index (χ4n) is 2.12. The second kappa shape index (κ2) is 7.23. The van der Waals surface area contributed by atoms with Crippen molar-refractivity contribution in [2.24, 2.45) is 0 Å². The summed E-state index contributed by atoms with van der Waals surface area (Å²) in [5, 5.41) is 11.3. The van der Waals surface area contributed by atoms with Gasteiger partial charge in [-0.15, -0.1) is 11.3 Å². The molecule has 24 heavy (non-hydrogen) atoms. The molecule has 3 rings (SSSR count). The van der Waals surface area contributed by atoms with Crippen LogP contribution in [0.2, 0.25) is 0 Å². The van der Waals surface area contributed by atoms with Gasteiger partial charge in [0.15, 0.2) is 0 Å². The van der Waals surface area contributed by atoms with Crippen molar-refractivity contribution in [2.75, 3.05) is 0 Å². The topological polar surface area (TPSA) is 59.4 Å². The number of nitrogens with zero attached hydrogens (tertiary/aromatic N) is 1. The zero-order valence-corrected chi connectivity index (χ0v) is 13.4. The Balaban J connectivity index is 1.63. The van der Waals surface area contributed by atoms with Crippen LogP contribution in [0.3, 0.4) is 0 Å². The molecule has 0 aliphatic heterocycles. The van der Waals surface area contributed by atoms with Gasteiger partial charge in [0.25, 0.3) is 0 Å². The van der Waals surface area contributed by atoms with Crippen LogP contribution in [-0.2, 0) is 17.8 Å². The number of hydrogen-bond donors (Lipinski definition) is 1. The van der Waals surface area contributed by atoms with E-state index in [2.05, 4.69) is 4.98 Å². The van der Waals surface area contributed by atoms with Crippen molar-refractivity contribution in [3.8, 4) is 16.3 Å². The summed E-state index contributed by atoms with van der Waals surface area (Å²) in [6.45, 7) is 0.361. The van der Waals surface area contributed by atoms with E-state index in [1.54, 1.807) is 17.5 Å². The van der Waals surface area contributed by atoms with Crippen LogP contribution in [0.4, 0.5) is 4.39 Å². The number of ether oxygens (including phenoxy) is 1. The quantitative estimate of drug-likeness (QED) is 0.730. The summed E-state index contributed by atoms with van der Waals surface area (Å²) in [5.41, 5.74) is 2.35. The van der Waals surface area contributed by atoms with Crippen LogP contribution >= 0.6 is 11.3 Å². The summed E-state index contributed by atoms with van der Waals surface area (Å²) < 4.78 is 18.5. The molecule has 0 unspecified atom stereocenters. The fraction of sp³-hybridized carbons (Fsp3) is 0.111. The molecule has 0 aliphatic carbocycles. The lowest BCUT2D eigenvalue weighted by Gasteiger charge is -2.06. The Hall–Kier alpha value is -2.73. The largest absolute Gasteiger partial charge is 0.489 e. The molecule has 0 radical (unpaired) electrons. The molecule has 4 nitrogen and oxygen atoms in total. The minimum Gasteiger partial charge on any atom is -0.489 e. The molecule has 0 atom stereocenters. The van der Waals surface area contributed by atoms with Crippen LogP contribution in [0.15, 0.2) is 53.9 Å². The molecule has 6 heteroatoms. The number of carbonyl (C=O) groups is 1. The lowest BCUT2D eigenvalue weighted by Crippen LogP contribution is -1.99. The van der Waals surface area contributed by atoms with Gasteiger partial charge in [0.05, 0.1) is 12.1 Å². The second-order valence-corrected chi connectivity index (χ2v) is 6.01. The summed E-state index contributed by atoms with van der Waals surface area (Å²) in [6.07, 6.45) is -0.0740. The standard InChI is InChI=1S/C18H14FNO3S/c19-14-5-1-12(2-6-14)10-23-16-7-3-13(4-8-16)18-20-15(11-24-18)9-17(21)22/h1-8,11H,9-10H2,(H,21,22). The third-order valence-corrected chi connectivity index (χ3v) is 4.24. The maximum atomic E-state index is 12.8. The average Bonchev–Trinajstić information content (AvgIpc) is 3.02. The van der Waals surface area contributed by atoms with Gasteiger partial charge in [-0.05, 0) is 42.0 Å². The first-order valence-electron chi connectivity index (χ1n) is 7.24. The van der Waals surface area contributed by atoms with Crippen molar-refractivity contribution >= 4 is 17.3 Å².